The molecule has 0 aromatic heterocycles. The Morgan fingerprint density at radius 2 is 1.50 bits per heavy atom. The molecule has 8 heteroatoms. The van der Waals surface area contributed by atoms with Crippen LogP contribution in [0.2, 0.25) is 0 Å². The highest BCUT2D eigenvalue weighted by Crippen LogP contribution is 2.29. The first kappa shape index (κ1) is 34.7. The summed E-state index contributed by atoms with van der Waals surface area (Å²) in [6.07, 6.45) is 4.91. The first-order chi connectivity index (χ1) is 19.9. The zero-order valence-corrected chi connectivity index (χ0v) is 26.6. The van der Waals surface area contributed by atoms with E-state index in [4.69, 9.17) is 4.74 Å². The van der Waals surface area contributed by atoms with Gasteiger partial charge in [0.25, 0.3) is 0 Å². The normalized spacial score (nSPS) is 12.7. The van der Waals surface area contributed by atoms with E-state index < -0.39 is 23.8 Å². The lowest BCUT2D eigenvalue weighted by Crippen LogP contribution is -2.54. The molecule has 0 bridgehead atoms. The smallest absolute Gasteiger partial charge is 0.408 e. The molecule has 2 rings (SSSR count). The predicted molar refractivity (Wildman–Crippen MR) is 167 cm³/mol. The first-order valence-corrected chi connectivity index (χ1v) is 15.3. The molecule has 42 heavy (non-hydrogen) atoms. The molecular formula is C34H51N3O5. The molecule has 0 aliphatic rings. The third-order valence-corrected chi connectivity index (χ3v) is 7.11. The largest absolute Gasteiger partial charge is 0.508 e. The van der Waals surface area contributed by atoms with Gasteiger partial charge in [0.15, 0.2) is 0 Å². The minimum absolute atomic E-state index is 0.109. The average molecular weight is 582 g/mol. The number of aromatic hydroxyl groups is 1. The van der Waals surface area contributed by atoms with Gasteiger partial charge in [-0.1, -0.05) is 69.9 Å². The number of phenols is 1. The number of amides is 3. The van der Waals surface area contributed by atoms with Gasteiger partial charge in [-0.25, -0.2) is 4.79 Å². The van der Waals surface area contributed by atoms with Crippen molar-refractivity contribution < 1.29 is 24.2 Å². The highest BCUT2D eigenvalue weighted by atomic mass is 16.6. The van der Waals surface area contributed by atoms with Crippen LogP contribution in [-0.2, 0) is 20.7 Å². The number of alkyl carbamates (subject to hydrolysis) is 1. The molecule has 232 valence electrons. The summed E-state index contributed by atoms with van der Waals surface area (Å²) in [5, 5.41) is 15.7. The maximum Gasteiger partial charge on any atom is 0.408 e. The third kappa shape index (κ3) is 11.0. The highest BCUT2D eigenvalue weighted by molar-refractivity contribution is 5.92. The van der Waals surface area contributed by atoms with E-state index in [1.54, 1.807) is 49.9 Å². The molecule has 0 radical (unpaired) electrons. The van der Waals surface area contributed by atoms with Crippen LogP contribution in [0.25, 0.3) is 0 Å². The van der Waals surface area contributed by atoms with Crippen LogP contribution in [0.3, 0.4) is 0 Å². The summed E-state index contributed by atoms with van der Waals surface area (Å²) in [5.41, 5.74) is 2.65. The maximum atomic E-state index is 14.6. The predicted octanol–water partition coefficient (Wildman–Crippen LogP) is 6.51. The number of nitrogens with one attached hydrogen (secondary N) is 2. The topological polar surface area (TPSA) is 108 Å². The molecule has 2 aromatic carbocycles. The average Bonchev–Trinajstić information content (AvgIpc) is 2.91. The zero-order chi connectivity index (χ0) is 31.3. The molecule has 8 nitrogen and oxygen atoms in total. The van der Waals surface area contributed by atoms with Crippen molar-refractivity contribution in [3.63, 3.8) is 0 Å². The summed E-state index contributed by atoms with van der Waals surface area (Å²) >= 11 is 0. The Morgan fingerprint density at radius 3 is 2.07 bits per heavy atom. The van der Waals surface area contributed by atoms with E-state index >= 15 is 0 Å². The zero-order valence-electron chi connectivity index (χ0n) is 26.6. The quantitative estimate of drug-likeness (QED) is 0.208. The van der Waals surface area contributed by atoms with Gasteiger partial charge in [0.2, 0.25) is 11.8 Å². The molecule has 0 heterocycles. The van der Waals surface area contributed by atoms with Crippen molar-refractivity contribution in [2.45, 2.75) is 111 Å². The fraction of sp³-hybridized carbons (Fsp3) is 0.559. The van der Waals surface area contributed by atoms with E-state index in [-0.39, 0.29) is 24.0 Å². The third-order valence-electron chi connectivity index (χ3n) is 7.11. The van der Waals surface area contributed by atoms with E-state index in [1.165, 1.54) is 0 Å². The Morgan fingerprint density at radius 1 is 0.905 bits per heavy atom. The van der Waals surface area contributed by atoms with Crippen molar-refractivity contribution in [2.75, 3.05) is 13.1 Å². The fourth-order valence-corrected chi connectivity index (χ4v) is 4.99. The van der Waals surface area contributed by atoms with Crippen LogP contribution in [0.5, 0.6) is 5.75 Å². The lowest BCUT2D eigenvalue weighted by atomic mass is 9.93. The van der Waals surface area contributed by atoms with Crippen LogP contribution in [0.15, 0.2) is 42.5 Å². The van der Waals surface area contributed by atoms with Gasteiger partial charge in [-0.2, -0.15) is 0 Å². The second kappa shape index (κ2) is 16.8. The van der Waals surface area contributed by atoms with Gasteiger partial charge in [-0.15, -0.1) is 0 Å². The van der Waals surface area contributed by atoms with E-state index in [0.717, 1.165) is 54.4 Å². The number of hydrogen-bond donors (Lipinski definition) is 3. The van der Waals surface area contributed by atoms with Crippen LogP contribution < -0.4 is 10.6 Å². The lowest BCUT2D eigenvalue weighted by Gasteiger charge is -2.36. The van der Waals surface area contributed by atoms with Crippen LogP contribution in [0.4, 0.5) is 4.79 Å². The van der Waals surface area contributed by atoms with Gasteiger partial charge in [-0.05, 0) is 81.8 Å². The SMILES string of the molecule is CCCCCNC(=O)C(c1c(C)cccc1C)N(CCCCC)C(=O)C(Cc1ccc(O)cc1)NC(=O)OC(C)(C)C. The number of phenolic OH excluding ortho intramolecular Hbond substituents is 1. The van der Waals surface area contributed by atoms with Crippen molar-refractivity contribution in [3.05, 3.63) is 64.7 Å². The van der Waals surface area contributed by atoms with Crippen LogP contribution in [0, 0.1) is 13.8 Å². The van der Waals surface area contributed by atoms with Gasteiger partial charge in [-0.3, -0.25) is 9.59 Å². The molecule has 2 aromatic rings. The molecule has 3 N–H and O–H groups in total. The number of unbranched alkanes of at least 4 members (excludes halogenated alkanes) is 4. The summed E-state index contributed by atoms with van der Waals surface area (Å²) < 4.78 is 5.52. The second-order valence-electron chi connectivity index (χ2n) is 12.0. The van der Waals surface area contributed by atoms with Gasteiger partial charge < -0.3 is 25.4 Å². The number of carbonyl (C=O) groups is 3. The molecular weight excluding hydrogens is 530 g/mol. The van der Waals surface area contributed by atoms with Gasteiger partial charge in [0.1, 0.15) is 23.4 Å². The lowest BCUT2D eigenvalue weighted by molar-refractivity contribution is -0.142. The highest BCUT2D eigenvalue weighted by Gasteiger charge is 2.37. The molecule has 0 saturated carbocycles. The van der Waals surface area contributed by atoms with Crippen molar-refractivity contribution >= 4 is 17.9 Å². The van der Waals surface area contributed by atoms with Gasteiger partial charge in [0, 0.05) is 19.5 Å². The molecule has 0 aliphatic carbocycles. The monoisotopic (exact) mass is 581 g/mol. The number of carbonyl (C=O) groups excluding carboxylic acids is 3. The summed E-state index contributed by atoms with van der Waals surface area (Å²) in [6.45, 7) is 14.3. The van der Waals surface area contributed by atoms with Crippen LogP contribution >= 0.6 is 0 Å². The van der Waals surface area contributed by atoms with E-state index in [0.29, 0.717) is 19.5 Å². The Labute approximate surface area is 252 Å². The molecule has 3 amide bonds. The summed E-state index contributed by atoms with van der Waals surface area (Å²) in [6, 6.07) is 10.5. The van der Waals surface area contributed by atoms with E-state index in [1.807, 2.05) is 32.0 Å². The van der Waals surface area contributed by atoms with Gasteiger partial charge in [0.05, 0.1) is 0 Å². The number of ether oxygens (including phenoxy) is 1. The van der Waals surface area contributed by atoms with Crippen LogP contribution in [-0.4, -0.2) is 52.6 Å². The molecule has 0 fully saturated rings. The molecule has 0 aliphatic heterocycles. The Kier molecular flexibility index (Phi) is 13.8. The van der Waals surface area contributed by atoms with Gasteiger partial charge >= 0.3 is 6.09 Å². The number of hydrogen-bond acceptors (Lipinski definition) is 5. The molecule has 2 unspecified atom stereocenters. The van der Waals surface area contributed by atoms with Crippen molar-refractivity contribution in [3.8, 4) is 5.75 Å². The summed E-state index contributed by atoms with van der Waals surface area (Å²) in [7, 11) is 0. The van der Waals surface area contributed by atoms with E-state index in [2.05, 4.69) is 24.5 Å². The Bertz CT molecular complexity index is 1140. The molecule has 0 spiro atoms. The minimum Gasteiger partial charge on any atom is -0.508 e. The number of rotatable bonds is 15. The Hall–Kier alpha value is -3.55. The maximum absolute atomic E-state index is 14.6. The summed E-state index contributed by atoms with van der Waals surface area (Å²) in [4.78, 5) is 43.1. The van der Waals surface area contributed by atoms with Crippen molar-refractivity contribution in [1.82, 2.24) is 15.5 Å². The Balaban J connectivity index is 2.59. The van der Waals surface area contributed by atoms with Crippen LogP contribution in [0.1, 0.15) is 101 Å². The number of nitrogens with zero attached hydrogens (tertiary/aromatic N) is 1. The second-order valence-corrected chi connectivity index (χ2v) is 12.0. The summed E-state index contributed by atoms with van der Waals surface area (Å²) in [5.74, 6) is -0.479. The first-order valence-electron chi connectivity index (χ1n) is 15.3. The standard InChI is InChI=1S/C34H51N3O5/c1-8-10-12-21-35-31(39)30(29-24(3)15-14-16-25(29)4)37(22-13-11-9-2)32(40)28(36-33(41)42-34(5,6)7)23-26-17-19-27(38)20-18-26/h14-20,28,30,38H,8-13,21-23H2,1-7H3,(H,35,39)(H,36,41). The molecule has 2 atom stereocenters. The van der Waals surface area contributed by atoms with Crippen molar-refractivity contribution in [2.24, 2.45) is 0 Å². The van der Waals surface area contributed by atoms with Crippen molar-refractivity contribution in [1.29, 1.82) is 0 Å². The minimum atomic E-state index is -0.995. The molecule has 0 saturated heterocycles. The number of aryl methyl sites for hydroxylation is 2. The van der Waals surface area contributed by atoms with E-state index in [9.17, 15) is 19.5 Å². The number of benzene rings is 2. The fourth-order valence-electron chi connectivity index (χ4n) is 4.99.